The van der Waals surface area contributed by atoms with Crippen LogP contribution in [0.4, 0.5) is 0 Å². The van der Waals surface area contributed by atoms with Gasteiger partial charge in [0.1, 0.15) is 0 Å². The molecule has 0 N–H and O–H groups in total. The fraction of sp³-hybridized carbons (Fsp3) is 0.333. The Labute approximate surface area is 94.1 Å². The van der Waals surface area contributed by atoms with Gasteiger partial charge < -0.3 is 4.57 Å². The van der Waals surface area contributed by atoms with Gasteiger partial charge in [0.15, 0.2) is 0 Å². The molecule has 0 aliphatic heterocycles. The van der Waals surface area contributed by atoms with E-state index in [0.29, 0.717) is 0 Å². The Morgan fingerprint density at radius 3 is 2.50 bits per heavy atom. The molecule has 0 bridgehead atoms. The first-order chi connectivity index (χ1) is 7.58. The van der Waals surface area contributed by atoms with E-state index in [1.807, 2.05) is 39.4 Å². The Morgan fingerprint density at radius 1 is 1.19 bits per heavy atom. The van der Waals surface area contributed by atoms with Crippen LogP contribution in [-0.2, 0) is 7.05 Å². The summed E-state index contributed by atoms with van der Waals surface area (Å²) >= 11 is 0. The van der Waals surface area contributed by atoms with Crippen LogP contribution in [0.25, 0.3) is 11.1 Å². The molecule has 16 heavy (non-hydrogen) atoms. The Bertz CT molecular complexity index is 551. The summed E-state index contributed by atoms with van der Waals surface area (Å²) in [6, 6.07) is 3.60. The number of rotatable bonds is 2. The number of hydrogen-bond acceptors (Lipinski definition) is 2. The second-order valence-corrected chi connectivity index (χ2v) is 4.16. The Kier molecular flexibility index (Phi) is 2.64. The summed E-state index contributed by atoms with van der Waals surface area (Å²) in [5, 5.41) is 4.12. The lowest BCUT2D eigenvalue weighted by molar-refractivity contribution is 0.579. The molecule has 0 aliphatic carbocycles. The monoisotopic (exact) mass is 217 g/mol. The fourth-order valence-electron chi connectivity index (χ4n) is 1.65. The Balaban J connectivity index is 2.51. The molecule has 0 aliphatic rings. The summed E-state index contributed by atoms with van der Waals surface area (Å²) in [7, 11) is 1.88. The van der Waals surface area contributed by atoms with E-state index in [9.17, 15) is 4.79 Å². The number of hydrogen-bond donors (Lipinski definition) is 0. The van der Waals surface area contributed by atoms with Gasteiger partial charge in [0.2, 0.25) is 0 Å². The highest BCUT2D eigenvalue weighted by molar-refractivity contribution is 5.60. The lowest BCUT2D eigenvalue weighted by atomic mass is 10.1. The zero-order chi connectivity index (χ0) is 11.7. The summed E-state index contributed by atoms with van der Waals surface area (Å²) in [5.41, 5.74) is 2.07. The summed E-state index contributed by atoms with van der Waals surface area (Å²) in [6.07, 6.45) is 5.61. The average Bonchev–Trinajstić information content (AvgIpc) is 2.65. The van der Waals surface area contributed by atoms with Crippen LogP contribution in [-0.4, -0.2) is 14.3 Å². The van der Waals surface area contributed by atoms with Crippen LogP contribution in [0.15, 0.2) is 35.5 Å². The molecule has 0 aromatic carbocycles. The van der Waals surface area contributed by atoms with Gasteiger partial charge in [0.05, 0.1) is 6.20 Å². The van der Waals surface area contributed by atoms with Gasteiger partial charge in [-0.15, -0.1) is 0 Å². The number of nitrogens with zero attached hydrogens (tertiary/aromatic N) is 3. The molecule has 4 nitrogen and oxygen atoms in total. The molecule has 0 amide bonds. The molecule has 2 aromatic heterocycles. The number of aromatic nitrogens is 3. The van der Waals surface area contributed by atoms with E-state index in [-0.39, 0.29) is 11.6 Å². The first kappa shape index (κ1) is 10.7. The van der Waals surface area contributed by atoms with Gasteiger partial charge in [0, 0.05) is 42.7 Å². The van der Waals surface area contributed by atoms with E-state index in [2.05, 4.69) is 5.10 Å². The predicted molar refractivity (Wildman–Crippen MR) is 63.3 cm³/mol. The van der Waals surface area contributed by atoms with Crippen molar-refractivity contribution in [2.45, 2.75) is 19.9 Å². The van der Waals surface area contributed by atoms with E-state index < -0.39 is 0 Å². The SMILES string of the molecule is CC(C)n1cc(-c2cnn(C)c2)ccc1=O. The second-order valence-electron chi connectivity index (χ2n) is 4.16. The zero-order valence-electron chi connectivity index (χ0n) is 9.71. The first-order valence-electron chi connectivity index (χ1n) is 5.29. The minimum Gasteiger partial charge on any atom is -0.312 e. The smallest absolute Gasteiger partial charge is 0.250 e. The van der Waals surface area contributed by atoms with Gasteiger partial charge in [-0.2, -0.15) is 5.10 Å². The van der Waals surface area contributed by atoms with Crippen molar-refractivity contribution in [2.24, 2.45) is 7.05 Å². The predicted octanol–water partition coefficient (Wildman–Crippen LogP) is 1.83. The second kappa shape index (κ2) is 3.96. The van der Waals surface area contributed by atoms with Crippen molar-refractivity contribution >= 4 is 0 Å². The molecule has 0 spiro atoms. The molecule has 2 rings (SSSR count). The van der Waals surface area contributed by atoms with Crippen LogP contribution in [0, 0.1) is 0 Å². The molecule has 0 atom stereocenters. The standard InChI is InChI=1S/C12H15N3O/c1-9(2)15-8-10(4-5-12(15)16)11-6-13-14(3)7-11/h4-9H,1-3H3. The quantitative estimate of drug-likeness (QED) is 0.770. The maximum atomic E-state index is 11.6. The third kappa shape index (κ3) is 1.91. The molecular weight excluding hydrogens is 202 g/mol. The van der Waals surface area contributed by atoms with Crippen molar-refractivity contribution < 1.29 is 0 Å². The van der Waals surface area contributed by atoms with Gasteiger partial charge in [-0.05, 0) is 19.9 Å². The molecular formula is C12H15N3O. The van der Waals surface area contributed by atoms with Crippen LogP contribution >= 0.6 is 0 Å². The van der Waals surface area contributed by atoms with Crippen LogP contribution < -0.4 is 5.56 Å². The van der Waals surface area contributed by atoms with E-state index in [0.717, 1.165) is 11.1 Å². The van der Waals surface area contributed by atoms with E-state index in [1.54, 1.807) is 21.5 Å². The highest BCUT2D eigenvalue weighted by Crippen LogP contribution is 2.17. The summed E-state index contributed by atoms with van der Waals surface area (Å²) in [6.45, 7) is 3.99. The molecule has 84 valence electrons. The third-order valence-electron chi connectivity index (χ3n) is 2.53. The average molecular weight is 217 g/mol. The summed E-state index contributed by atoms with van der Waals surface area (Å²) < 4.78 is 3.47. The summed E-state index contributed by atoms with van der Waals surface area (Å²) in [4.78, 5) is 11.6. The molecule has 2 aromatic rings. The van der Waals surface area contributed by atoms with Crippen LogP contribution in [0.5, 0.6) is 0 Å². The number of pyridine rings is 1. The van der Waals surface area contributed by atoms with Gasteiger partial charge in [0.25, 0.3) is 5.56 Å². The molecule has 0 fully saturated rings. The maximum Gasteiger partial charge on any atom is 0.250 e. The first-order valence-corrected chi connectivity index (χ1v) is 5.29. The number of aryl methyl sites for hydroxylation is 1. The molecule has 0 saturated carbocycles. The van der Waals surface area contributed by atoms with Crippen LogP contribution in [0.2, 0.25) is 0 Å². The molecule has 0 radical (unpaired) electrons. The van der Waals surface area contributed by atoms with Crippen LogP contribution in [0.1, 0.15) is 19.9 Å². The lowest BCUT2D eigenvalue weighted by Gasteiger charge is -2.10. The van der Waals surface area contributed by atoms with E-state index in [4.69, 9.17) is 0 Å². The molecule has 0 unspecified atom stereocenters. The maximum absolute atomic E-state index is 11.6. The van der Waals surface area contributed by atoms with Gasteiger partial charge >= 0.3 is 0 Å². The largest absolute Gasteiger partial charge is 0.312 e. The topological polar surface area (TPSA) is 39.8 Å². The van der Waals surface area contributed by atoms with Crippen molar-refractivity contribution in [3.63, 3.8) is 0 Å². The van der Waals surface area contributed by atoms with Crippen molar-refractivity contribution in [3.8, 4) is 11.1 Å². The van der Waals surface area contributed by atoms with E-state index in [1.165, 1.54) is 0 Å². The fourth-order valence-corrected chi connectivity index (χ4v) is 1.65. The normalized spacial score (nSPS) is 11.0. The van der Waals surface area contributed by atoms with Crippen molar-refractivity contribution in [1.29, 1.82) is 0 Å². The third-order valence-corrected chi connectivity index (χ3v) is 2.53. The van der Waals surface area contributed by atoms with Gasteiger partial charge in [-0.25, -0.2) is 0 Å². The van der Waals surface area contributed by atoms with Crippen molar-refractivity contribution in [1.82, 2.24) is 14.3 Å². The van der Waals surface area contributed by atoms with E-state index >= 15 is 0 Å². The molecule has 0 saturated heterocycles. The van der Waals surface area contributed by atoms with Crippen molar-refractivity contribution in [2.75, 3.05) is 0 Å². The van der Waals surface area contributed by atoms with Gasteiger partial charge in [-0.1, -0.05) is 0 Å². The van der Waals surface area contributed by atoms with Crippen LogP contribution in [0.3, 0.4) is 0 Å². The molecule has 4 heteroatoms. The van der Waals surface area contributed by atoms with Crippen molar-refractivity contribution in [3.05, 3.63) is 41.1 Å². The highest BCUT2D eigenvalue weighted by Gasteiger charge is 2.05. The Morgan fingerprint density at radius 2 is 1.94 bits per heavy atom. The van der Waals surface area contributed by atoms with Gasteiger partial charge in [-0.3, -0.25) is 9.48 Å². The Hall–Kier alpha value is -1.84. The lowest BCUT2D eigenvalue weighted by Crippen LogP contribution is -2.20. The minimum absolute atomic E-state index is 0.0302. The highest BCUT2D eigenvalue weighted by atomic mass is 16.1. The summed E-state index contributed by atoms with van der Waals surface area (Å²) in [5.74, 6) is 0. The minimum atomic E-state index is 0.0302. The molecule has 2 heterocycles. The zero-order valence-corrected chi connectivity index (χ0v) is 9.71.